The zero-order valence-corrected chi connectivity index (χ0v) is 9.24. The van der Waals surface area contributed by atoms with Crippen LogP contribution in [0, 0.1) is 0 Å². The molecule has 0 aromatic carbocycles. The third kappa shape index (κ3) is 2.47. The first-order chi connectivity index (χ1) is 7.06. The van der Waals surface area contributed by atoms with Crippen LogP contribution >= 0.6 is 0 Å². The molecule has 0 spiro atoms. The van der Waals surface area contributed by atoms with Crippen LogP contribution in [0.15, 0.2) is 0 Å². The molecular weight excluding hydrogens is 200 g/mol. The van der Waals surface area contributed by atoms with Gasteiger partial charge in [-0.1, -0.05) is 0 Å². The Morgan fingerprint density at radius 3 is 2.47 bits per heavy atom. The van der Waals surface area contributed by atoms with E-state index in [0.717, 1.165) is 0 Å². The van der Waals surface area contributed by atoms with Crippen LogP contribution in [0.1, 0.15) is 26.7 Å². The van der Waals surface area contributed by atoms with Crippen LogP contribution < -0.4 is 0 Å². The van der Waals surface area contributed by atoms with Crippen molar-refractivity contribution in [2.45, 2.75) is 38.4 Å². The lowest BCUT2D eigenvalue weighted by Gasteiger charge is -2.10. The minimum atomic E-state index is -0.913. The van der Waals surface area contributed by atoms with Gasteiger partial charge in [-0.3, -0.25) is 4.79 Å². The minimum Gasteiger partial charge on any atom is -0.469 e. The largest absolute Gasteiger partial charge is 0.469 e. The highest BCUT2D eigenvalue weighted by atomic mass is 16.7. The molecule has 15 heavy (non-hydrogen) atoms. The Labute approximate surface area is 88.7 Å². The molecule has 1 heterocycles. The number of epoxide rings is 1. The topological polar surface area (TPSA) is 65.1 Å². The van der Waals surface area contributed by atoms with Crippen molar-refractivity contribution in [1.29, 1.82) is 0 Å². The maximum Gasteiger partial charge on any atom is 0.341 e. The van der Waals surface area contributed by atoms with Gasteiger partial charge >= 0.3 is 11.9 Å². The first kappa shape index (κ1) is 12.0. The molecule has 0 N–H and O–H groups in total. The number of carbonyl (C=O) groups is 2. The van der Waals surface area contributed by atoms with E-state index >= 15 is 0 Å². The molecule has 1 aliphatic rings. The van der Waals surface area contributed by atoms with Crippen LogP contribution in [0.2, 0.25) is 0 Å². The lowest BCUT2D eigenvalue weighted by molar-refractivity contribution is -0.150. The van der Waals surface area contributed by atoms with E-state index in [-0.39, 0.29) is 24.5 Å². The van der Waals surface area contributed by atoms with E-state index in [9.17, 15) is 9.59 Å². The van der Waals surface area contributed by atoms with Gasteiger partial charge in [0.15, 0.2) is 5.60 Å². The van der Waals surface area contributed by atoms with Crippen LogP contribution in [0.5, 0.6) is 0 Å². The van der Waals surface area contributed by atoms with Gasteiger partial charge in [-0.05, 0) is 13.8 Å². The quantitative estimate of drug-likeness (QED) is 0.499. The molecule has 1 fully saturated rings. The molecule has 5 nitrogen and oxygen atoms in total. The predicted molar refractivity (Wildman–Crippen MR) is 51.2 cm³/mol. The van der Waals surface area contributed by atoms with Crippen LogP contribution in [-0.2, 0) is 23.8 Å². The van der Waals surface area contributed by atoms with Crippen molar-refractivity contribution in [2.75, 3.05) is 13.7 Å². The molecule has 0 bridgehead atoms. The third-order valence-corrected chi connectivity index (χ3v) is 2.54. The molecular formula is C10H16O5. The van der Waals surface area contributed by atoms with Gasteiger partial charge in [0.2, 0.25) is 0 Å². The number of rotatable bonds is 5. The Morgan fingerprint density at radius 1 is 1.47 bits per heavy atom. The summed E-state index contributed by atoms with van der Waals surface area (Å²) >= 11 is 0. The van der Waals surface area contributed by atoms with Crippen molar-refractivity contribution in [3.8, 4) is 0 Å². The Hall–Kier alpha value is -1.10. The number of esters is 2. The van der Waals surface area contributed by atoms with Crippen molar-refractivity contribution < 1.29 is 23.8 Å². The maximum atomic E-state index is 11.5. The molecule has 5 heteroatoms. The van der Waals surface area contributed by atoms with Gasteiger partial charge in [0.05, 0.1) is 19.8 Å². The Balaban J connectivity index is 2.48. The lowest BCUT2D eigenvalue weighted by atomic mass is 10.00. The summed E-state index contributed by atoms with van der Waals surface area (Å²) in [5.41, 5.74) is -0.913. The molecule has 2 atom stereocenters. The molecule has 0 radical (unpaired) electrons. The fraction of sp³-hybridized carbons (Fsp3) is 0.800. The highest BCUT2D eigenvalue weighted by Gasteiger charge is 2.60. The van der Waals surface area contributed by atoms with Crippen LogP contribution in [0.25, 0.3) is 0 Å². The van der Waals surface area contributed by atoms with Gasteiger partial charge in [0.25, 0.3) is 0 Å². The second-order valence-corrected chi connectivity index (χ2v) is 3.45. The van der Waals surface area contributed by atoms with Gasteiger partial charge in [0.1, 0.15) is 0 Å². The van der Waals surface area contributed by atoms with Crippen LogP contribution in [-0.4, -0.2) is 37.4 Å². The maximum absolute atomic E-state index is 11.5. The summed E-state index contributed by atoms with van der Waals surface area (Å²) in [5.74, 6) is -0.734. The van der Waals surface area contributed by atoms with Crippen molar-refractivity contribution in [2.24, 2.45) is 0 Å². The fourth-order valence-corrected chi connectivity index (χ4v) is 1.50. The van der Waals surface area contributed by atoms with Crippen molar-refractivity contribution in [3.63, 3.8) is 0 Å². The van der Waals surface area contributed by atoms with Gasteiger partial charge in [-0.25, -0.2) is 4.79 Å². The standard InChI is InChI=1S/C10H16O5/c1-4-14-9(12)10(7(2)15-10)6-5-8(11)13-3/h7H,4-6H2,1-3H3. The van der Waals surface area contributed by atoms with Crippen molar-refractivity contribution in [1.82, 2.24) is 0 Å². The van der Waals surface area contributed by atoms with E-state index in [0.29, 0.717) is 13.0 Å². The third-order valence-electron chi connectivity index (χ3n) is 2.54. The molecule has 0 aliphatic carbocycles. The summed E-state index contributed by atoms with van der Waals surface area (Å²) in [6, 6.07) is 0. The lowest BCUT2D eigenvalue weighted by Crippen LogP contribution is -2.30. The molecule has 2 unspecified atom stereocenters. The summed E-state index contributed by atoms with van der Waals surface area (Å²) in [5, 5.41) is 0. The Bertz CT molecular complexity index is 263. The molecule has 1 saturated heterocycles. The first-order valence-corrected chi connectivity index (χ1v) is 4.98. The number of ether oxygens (including phenoxy) is 3. The highest BCUT2D eigenvalue weighted by Crippen LogP contribution is 2.41. The predicted octanol–water partition coefficient (Wildman–Crippen LogP) is 0.660. The normalized spacial score (nSPS) is 28.3. The second-order valence-electron chi connectivity index (χ2n) is 3.45. The van der Waals surface area contributed by atoms with Crippen molar-refractivity contribution >= 4 is 11.9 Å². The molecule has 0 amide bonds. The fourth-order valence-electron chi connectivity index (χ4n) is 1.50. The van der Waals surface area contributed by atoms with Gasteiger partial charge in [-0.15, -0.1) is 0 Å². The number of methoxy groups -OCH3 is 1. The van der Waals surface area contributed by atoms with Gasteiger partial charge in [-0.2, -0.15) is 0 Å². The monoisotopic (exact) mass is 216 g/mol. The summed E-state index contributed by atoms with van der Waals surface area (Å²) in [7, 11) is 1.32. The number of hydrogen-bond acceptors (Lipinski definition) is 5. The van der Waals surface area contributed by atoms with E-state index in [4.69, 9.17) is 9.47 Å². The minimum absolute atomic E-state index is 0.166. The van der Waals surface area contributed by atoms with E-state index < -0.39 is 5.60 Å². The summed E-state index contributed by atoms with van der Waals surface area (Å²) in [6.45, 7) is 3.84. The van der Waals surface area contributed by atoms with Crippen LogP contribution in [0.3, 0.4) is 0 Å². The molecule has 0 aromatic heterocycles. The summed E-state index contributed by atoms with van der Waals surface area (Å²) < 4.78 is 14.6. The molecule has 86 valence electrons. The molecule has 0 aromatic rings. The zero-order chi connectivity index (χ0) is 11.5. The average molecular weight is 216 g/mol. The molecule has 1 rings (SSSR count). The van der Waals surface area contributed by atoms with E-state index in [1.807, 2.05) is 0 Å². The smallest absolute Gasteiger partial charge is 0.341 e. The zero-order valence-electron chi connectivity index (χ0n) is 9.24. The first-order valence-electron chi connectivity index (χ1n) is 4.98. The van der Waals surface area contributed by atoms with E-state index in [1.54, 1.807) is 13.8 Å². The SMILES string of the molecule is CCOC(=O)C1(CCC(=O)OC)OC1C. The second kappa shape index (κ2) is 4.61. The van der Waals surface area contributed by atoms with Crippen molar-refractivity contribution in [3.05, 3.63) is 0 Å². The van der Waals surface area contributed by atoms with Gasteiger partial charge in [0, 0.05) is 12.8 Å². The Morgan fingerprint density at radius 2 is 2.07 bits per heavy atom. The van der Waals surface area contributed by atoms with Gasteiger partial charge < -0.3 is 14.2 Å². The Kier molecular flexibility index (Phi) is 3.68. The molecule has 1 aliphatic heterocycles. The number of hydrogen-bond donors (Lipinski definition) is 0. The highest BCUT2D eigenvalue weighted by molar-refractivity contribution is 5.84. The summed E-state index contributed by atoms with van der Waals surface area (Å²) in [4.78, 5) is 22.5. The summed E-state index contributed by atoms with van der Waals surface area (Å²) in [6.07, 6.45) is 0.306. The van der Waals surface area contributed by atoms with E-state index in [2.05, 4.69) is 4.74 Å². The number of carbonyl (C=O) groups excluding carboxylic acids is 2. The van der Waals surface area contributed by atoms with Crippen LogP contribution in [0.4, 0.5) is 0 Å². The molecule has 0 saturated carbocycles. The van der Waals surface area contributed by atoms with E-state index in [1.165, 1.54) is 7.11 Å². The average Bonchev–Trinajstić information content (AvgIpc) is 2.88.